The van der Waals surface area contributed by atoms with Gasteiger partial charge in [0, 0.05) is 20.6 Å². The number of hydrogen-bond donors (Lipinski definition) is 2. The molecule has 0 aliphatic heterocycles. The molecule has 0 atom stereocenters. The Kier molecular flexibility index (Phi) is 5.43. The molecular weight excluding hydrogens is 318 g/mol. The first kappa shape index (κ1) is 17.8. The maximum absolute atomic E-state index is 11.8. The minimum Gasteiger partial charge on any atom is -0.293 e. The van der Waals surface area contributed by atoms with Crippen LogP contribution < -0.4 is 28.3 Å². The van der Waals surface area contributed by atoms with Gasteiger partial charge in [-0.3, -0.25) is 10.2 Å². The van der Waals surface area contributed by atoms with Gasteiger partial charge in [-0.05, 0) is 6.42 Å². The Labute approximate surface area is 124 Å². The van der Waals surface area contributed by atoms with Crippen LogP contribution >= 0.6 is 0 Å². The highest BCUT2D eigenvalue weighted by atomic mass is 32.2. The zero-order valence-corrected chi connectivity index (χ0v) is 12.9. The summed E-state index contributed by atoms with van der Waals surface area (Å²) in [5.41, 5.74) is -0.718. The van der Waals surface area contributed by atoms with Gasteiger partial charge in [0.2, 0.25) is 5.91 Å². The van der Waals surface area contributed by atoms with E-state index >= 15 is 0 Å². The maximum atomic E-state index is 11.8. The van der Waals surface area contributed by atoms with Gasteiger partial charge >= 0.3 is 17.1 Å². The van der Waals surface area contributed by atoms with Crippen LogP contribution in [0.5, 0.6) is 0 Å². The monoisotopic (exact) mass is 335 g/mol. The molecule has 0 aliphatic carbocycles. The molecule has 0 bridgehead atoms. The molecule has 1 heterocycles. The summed E-state index contributed by atoms with van der Waals surface area (Å²) >= 11 is 0. The highest BCUT2D eigenvalue weighted by Gasteiger charge is 2.17. The van der Waals surface area contributed by atoms with E-state index in [1.807, 2.05) is 0 Å². The first-order chi connectivity index (χ1) is 10.1. The van der Waals surface area contributed by atoms with Crippen molar-refractivity contribution in [3.05, 3.63) is 31.5 Å². The number of carbonyl (C=O) groups excluding carboxylic acids is 1. The number of aromatic nitrogens is 3. The lowest BCUT2D eigenvalue weighted by molar-refractivity contribution is -0.118. The predicted octanol–water partition coefficient (Wildman–Crippen LogP) is -3.96. The molecule has 1 rings (SSSR count). The van der Waals surface area contributed by atoms with Crippen molar-refractivity contribution in [3.8, 4) is 0 Å². The van der Waals surface area contributed by atoms with E-state index in [1.165, 1.54) is 14.1 Å². The summed E-state index contributed by atoms with van der Waals surface area (Å²) in [5, 5.41) is 0. The van der Waals surface area contributed by atoms with Gasteiger partial charge in [0.15, 0.2) is 9.84 Å². The van der Waals surface area contributed by atoms with Crippen LogP contribution in [0, 0.1) is 0 Å². The van der Waals surface area contributed by atoms with Crippen LogP contribution in [0.25, 0.3) is 0 Å². The van der Waals surface area contributed by atoms with Crippen molar-refractivity contribution in [1.82, 2.24) is 19.1 Å². The topological polar surface area (TPSA) is 155 Å². The Balaban J connectivity index is 2.92. The molecule has 0 saturated carbocycles. The Hall–Kier alpha value is -2.21. The first-order valence-electron chi connectivity index (χ1n) is 6.17. The summed E-state index contributed by atoms with van der Waals surface area (Å²) in [4.78, 5) is 46.1. The van der Waals surface area contributed by atoms with Crippen molar-refractivity contribution in [2.75, 3.05) is 11.5 Å². The van der Waals surface area contributed by atoms with E-state index in [9.17, 15) is 27.6 Å². The molecule has 0 spiro atoms. The van der Waals surface area contributed by atoms with Gasteiger partial charge in [-0.25, -0.2) is 42.3 Å². The Morgan fingerprint density at radius 3 is 2.05 bits per heavy atom. The van der Waals surface area contributed by atoms with Crippen LogP contribution in [0.15, 0.2) is 14.4 Å². The van der Waals surface area contributed by atoms with Crippen LogP contribution in [-0.4, -0.2) is 39.5 Å². The highest BCUT2D eigenvalue weighted by molar-refractivity contribution is 7.92. The zero-order valence-electron chi connectivity index (χ0n) is 12.1. The lowest BCUT2D eigenvalue weighted by Crippen LogP contribution is -2.52. The van der Waals surface area contributed by atoms with Crippen LogP contribution in [0.4, 0.5) is 0 Å². The molecule has 3 N–H and O–H groups in total. The lowest BCUT2D eigenvalue weighted by atomic mass is 10.5. The summed E-state index contributed by atoms with van der Waals surface area (Å²) in [6.45, 7) is -0.191. The fourth-order valence-electron chi connectivity index (χ4n) is 1.78. The van der Waals surface area contributed by atoms with Crippen molar-refractivity contribution in [2.24, 2.45) is 19.9 Å². The minimum atomic E-state index is -3.70. The summed E-state index contributed by atoms with van der Waals surface area (Å²) in [5.74, 6) is 2.77. The van der Waals surface area contributed by atoms with Gasteiger partial charge in [-0.2, -0.15) is 0 Å². The Morgan fingerprint density at radius 1 is 1.09 bits per heavy atom. The van der Waals surface area contributed by atoms with E-state index in [2.05, 4.69) is 0 Å². The van der Waals surface area contributed by atoms with Crippen molar-refractivity contribution >= 4 is 15.7 Å². The summed E-state index contributed by atoms with van der Waals surface area (Å²) in [6, 6.07) is 0. The standard InChI is InChI=1S/C10H17N5O6S/c1-13-8(17)14(2)10(19)15(9(13)18)4-3-5-22(20,21)6-7(16)12-11/h3-6,11H2,1-2H3,(H,12,16). The van der Waals surface area contributed by atoms with Gasteiger partial charge in [0.1, 0.15) is 5.75 Å². The third kappa shape index (κ3) is 3.92. The van der Waals surface area contributed by atoms with E-state index in [0.29, 0.717) is 0 Å². The molecule has 0 fully saturated rings. The summed E-state index contributed by atoms with van der Waals surface area (Å²) in [7, 11) is -1.28. The largest absolute Gasteiger partial charge is 0.336 e. The molecule has 1 aromatic heterocycles. The molecule has 22 heavy (non-hydrogen) atoms. The molecule has 1 aromatic rings. The Morgan fingerprint density at radius 2 is 1.59 bits per heavy atom. The average Bonchev–Trinajstić information content (AvgIpc) is 2.46. The molecule has 12 heteroatoms. The van der Waals surface area contributed by atoms with E-state index in [1.54, 1.807) is 5.43 Å². The number of nitrogens with one attached hydrogen (secondary N) is 1. The lowest BCUT2D eigenvalue weighted by Gasteiger charge is -2.09. The third-order valence-corrected chi connectivity index (χ3v) is 4.57. The molecular formula is C10H17N5O6S. The van der Waals surface area contributed by atoms with Crippen molar-refractivity contribution in [2.45, 2.75) is 13.0 Å². The molecule has 0 aromatic carbocycles. The van der Waals surface area contributed by atoms with Gasteiger partial charge < -0.3 is 0 Å². The van der Waals surface area contributed by atoms with Crippen molar-refractivity contribution in [3.63, 3.8) is 0 Å². The minimum absolute atomic E-state index is 0.0620. The number of nitrogens with zero attached hydrogens (tertiary/aromatic N) is 3. The van der Waals surface area contributed by atoms with Gasteiger partial charge in [0.25, 0.3) is 0 Å². The first-order valence-corrected chi connectivity index (χ1v) is 7.99. The highest BCUT2D eigenvalue weighted by Crippen LogP contribution is 1.95. The number of carbonyl (C=O) groups is 1. The smallest absolute Gasteiger partial charge is 0.293 e. The number of sulfone groups is 1. The third-order valence-electron chi connectivity index (χ3n) is 2.96. The second kappa shape index (κ2) is 6.70. The number of nitrogens with two attached hydrogens (primary N) is 1. The Bertz CT molecular complexity index is 806. The van der Waals surface area contributed by atoms with E-state index in [-0.39, 0.29) is 13.0 Å². The average molecular weight is 335 g/mol. The SMILES string of the molecule is Cn1c(=O)n(C)c(=O)n(CCCS(=O)(=O)CC(=O)NN)c1=O. The number of amides is 1. The second-order valence-electron chi connectivity index (χ2n) is 4.63. The molecule has 124 valence electrons. The number of hydrogen-bond acceptors (Lipinski definition) is 7. The zero-order chi connectivity index (χ0) is 17.1. The number of rotatable bonds is 6. The van der Waals surface area contributed by atoms with E-state index < -0.39 is 44.3 Å². The molecule has 1 amide bonds. The van der Waals surface area contributed by atoms with Gasteiger partial charge in [0.05, 0.1) is 5.75 Å². The molecule has 0 radical (unpaired) electrons. The quantitative estimate of drug-likeness (QED) is 0.305. The van der Waals surface area contributed by atoms with Gasteiger partial charge in [-0.15, -0.1) is 0 Å². The fraction of sp³-hybridized carbons (Fsp3) is 0.600. The van der Waals surface area contributed by atoms with Crippen LogP contribution in [0.2, 0.25) is 0 Å². The molecule has 0 aliphatic rings. The van der Waals surface area contributed by atoms with Crippen LogP contribution in [-0.2, 0) is 35.3 Å². The summed E-state index contributed by atoms with van der Waals surface area (Å²) in [6.07, 6.45) is -0.0620. The van der Waals surface area contributed by atoms with Crippen molar-refractivity contribution < 1.29 is 13.2 Å². The van der Waals surface area contributed by atoms with Crippen LogP contribution in [0.3, 0.4) is 0 Å². The molecule has 0 saturated heterocycles. The molecule has 11 nitrogen and oxygen atoms in total. The second-order valence-corrected chi connectivity index (χ2v) is 6.81. The number of hydrazine groups is 1. The molecule has 0 unspecified atom stereocenters. The normalized spacial score (nSPS) is 11.4. The van der Waals surface area contributed by atoms with Crippen molar-refractivity contribution in [1.29, 1.82) is 0 Å². The van der Waals surface area contributed by atoms with Gasteiger partial charge in [-0.1, -0.05) is 0 Å². The maximum Gasteiger partial charge on any atom is 0.336 e. The predicted molar refractivity (Wildman–Crippen MR) is 76.8 cm³/mol. The van der Waals surface area contributed by atoms with Crippen LogP contribution in [0.1, 0.15) is 6.42 Å². The summed E-state index contributed by atoms with van der Waals surface area (Å²) < 4.78 is 25.5. The van der Waals surface area contributed by atoms with E-state index in [0.717, 1.165) is 13.7 Å². The fourth-order valence-corrected chi connectivity index (χ4v) is 2.98. The van der Waals surface area contributed by atoms with E-state index in [4.69, 9.17) is 5.84 Å².